The molecular formula is C62H62BN3O2. The van der Waals surface area contributed by atoms with E-state index in [1.807, 2.05) is 0 Å². The Bertz CT molecular complexity index is 3150. The zero-order valence-electron chi connectivity index (χ0n) is 41.7. The first-order valence-corrected chi connectivity index (χ1v) is 24.3. The minimum absolute atomic E-state index is 0.0147. The molecule has 11 rings (SSSR count). The molecule has 0 spiro atoms. The van der Waals surface area contributed by atoms with Gasteiger partial charge in [-0.3, -0.25) is 0 Å². The quantitative estimate of drug-likeness (QED) is 0.161. The standard InChI is InChI=1S/C62H62BN3O2/c1-59(2,3)39-23-29-45(30-24-39)65-50-37-47(64(43-19-15-13-16-20-43)44-21-17-14-18-22-44)38-51-54(50)63(57-55(65)48-35-41(61(7,8)9)27-33-52(48)67-57)58-56(49-36-42(62(10,11)12)28-34-53(49)68-58)66(51)46-31-25-40(26-32-46)60(4,5)6/h13-38H,1-12H3. The zero-order valence-corrected chi connectivity index (χ0v) is 41.7. The van der Waals surface area contributed by atoms with E-state index in [1.54, 1.807) is 0 Å². The van der Waals surface area contributed by atoms with E-state index in [2.05, 4.69) is 256 Å². The summed E-state index contributed by atoms with van der Waals surface area (Å²) in [6.45, 7) is 27.1. The lowest BCUT2D eigenvalue weighted by molar-refractivity contribution is 0.590. The third-order valence-corrected chi connectivity index (χ3v) is 14.2. The van der Waals surface area contributed by atoms with E-state index in [0.29, 0.717) is 0 Å². The van der Waals surface area contributed by atoms with Gasteiger partial charge in [-0.15, -0.1) is 0 Å². The minimum atomic E-state index is -0.355. The first-order valence-electron chi connectivity index (χ1n) is 24.3. The average Bonchev–Trinajstić information content (AvgIpc) is 3.87. The molecule has 0 fully saturated rings. The van der Waals surface area contributed by atoms with Crippen molar-refractivity contribution in [3.8, 4) is 0 Å². The van der Waals surface area contributed by atoms with Gasteiger partial charge in [0.1, 0.15) is 22.5 Å². The number of anilines is 9. The molecule has 0 bridgehead atoms. The number of nitrogens with zero attached hydrogens (tertiary/aromatic N) is 3. The maximum absolute atomic E-state index is 7.35. The van der Waals surface area contributed by atoms with Gasteiger partial charge in [0.2, 0.25) is 0 Å². The lowest BCUT2D eigenvalue weighted by Crippen LogP contribution is -2.60. The molecule has 7 aromatic carbocycles. The predicted molar refractivity (Wildman–Crippen MR) is 289 cm³/mol. The van der Waals surface area contributed by atoms with Crippen LogP contribution < -0.4 is 31.5 Å². The molecule has 2 aliphatic heterocycles. The van der Waals surface area contributed by atoms with Gasteiger partial charge >= 0.3 is 6.71 Å². The van der Waals surface area contributed by atoms with Crippen molar-refractivity contribution in [1.29, 1.82) is 0 Å². The summed E-state index contributed by atoms with van der Waals surface area (Å²) < 4.78 is 14.7. The third-order valence-electron chi connectivity index (χ3n) is 14.2. The Labute approximate surface area is 403 Å². The average molecular weight is 892 g/mol. The number of rotatable bonds is 5. The van der Waals surface area contributed by atoms with E-state index >= 15 is 0 Å². The molecule has 2 aromatic heterocycles. The molecule has 9 aromatic rings. The molecule has 0 aliphatic carbocycles. The molecule has 0 amide bonds. The van der Waals surface area contributed by atoms with E-state index in [4.69, 9.17) is 8.83 Å². The maximum Gasteiger partial charge on any atom is 0.342 e. The molecule has 0 radical (unpaired) electrons. The Morgan fingerprint density at radius 1 is 0.382 bits per heavy atom. The highest BCUT2D eigenvalue weighted by Gasteiger charge is 2.50. The van der Waals surface area contributed by atoms with E-state index in [1.165, 1.54) is 22.3 Å². The summed E-state index contributed by atoms with van der Waals surface area (Å²) in [5.74, 6) is 0. The van der Waals surface area contributed by atoms with Crippen molar-refractivity contribution in [2.24, 2.45) is 0 Å². The first-order chi connectivity index (χ1) is 32.3. The van der Waals surface area contributed by atoms with Crippen LogP contribution in [-0.4, -0.2) is 6.71 Å². The molecule has 2 aliphatic rings. The zero-order chi connectivity index (χ0) is 47.7. The molecule has 6 heteroatoms. The largest absolute Gasteiger partial charge is 0.468 e. The fourth-order valence-corrected chi connectivity index (χ4v) is 10.4. The number of fused-ring (bicyclic) bond motifs is 8. The van der Waals surface area contributed by atoms with Crippen LogP contribution in [0.3, 0.4) is 0 Å². The fraction of sp³-hybridized carbons (Fsp3) is 0.258. The number of hydrogen-bond donors (Lipinski definition) is 0. The van der Waals surface area contributed by atoms with E-state index in [0.717, 1.165) is 89.9 Å². The molecule has 0 saturated heterocycles. The maximum atomic E-state index is 7.35. The van der Waals surface area contributed by atoms with E-state index < -0.39 is 0 Å². The Kier molecular flexibility index (Phi) is 9.82. The smallest absolute Gasteiger partial charge is 0.342 e. The SMILES string of the molecule is CC(C)(C)c1ccc(N2c3cc(N(c4ccccc4)c4ccccc4)cc4c3B(c3oc5ccc(C(C)(C)C)cc5c32)c2oc3ccc(C(C)(C)C)cc3c2N4c2ccc(C(C)(C)C)cc2)cc1. The Morgan fingerprint density at radius 2 is 0.735 bits per heavy atom. The predicted octanol–water partition coefficient (Wildman–Crippen LogP) is 15.9. The Morgan fingerprint density at radius 3 is 1.09 bits per heavy atom. The fourth-order valence-electron chi connectivity index (χ4n) is 10.4. The topological polar surface area (TPSA) is 36.0 Å². The van der Waals surface area contributed by atoms with Crippen LogP contribution in [0.2, 0.25) is 0 Å². The van der Waals surface area contributed by atoms with Crippen LogP contribution in [0.4, 0.5) is 51.2 Å². The molecule has 5 nitrogen and oxygen atoms in total. The van der Waals surface area contributed by atoms with Crippen molar-refractivity contribution in [3.63, 3.8) is 0 Å². The van der Waals surface area contributed by atoms with Gasteiger partial charge in [0.15, 0.2) is 0 Å². The summed E-state index contributed by atoms with van der Waals surface area (Å²) in [4.78, 5) is 7.37. The summed E-state index contributed by atoms with van der Waals surface area (Å²) in [5, 5.41) is 2.17. The van der Waals surface area contributed by atoms with Gasteiger partial charge in [-0.2, -0.15) is 0 Å². The molecule has 0 saturated carbocycles. The van der Waals surface area contributed by atoms with Crippen LogP contribution in [0.1, 0.15) is 105 Å². The van der Waals surface area contributed by atoms with Gasteiger partial charge < -0.3 is 23.5 Å². The second kappa shape index (κ2) is 15.3. The number of furan rings is 2. The van der Waals surface area contributed by atoms with Crippen LogP contribution in [0.25, 0.3) is 21.9 Å². The van der Waals surface area contributed by atoms with Crippen molar-refractivity contribution in [3.05, 3.63) is 180 Å². The first kappa shape index (κ1) is 43.6. The molecule has 68 heavy (non-hydrogen) atoms. The van der Waals surface area contributed by atoms with Gasteiger partial charge in [-0.05, 0) is 134 Å². The van der Waals surface area contributed by atoms with Crippen LogP contribution >= 0.6 is 0 Å². The molecule has 0 unspecified atom stereocenters. The lowest BCUT2D eigenvalue weighted by Gasteiger charge is -2.42. The highest BCUT2D eigenvalue weighted by molar-refractivity contribution is 6.99. The Balaban J connectivity index is 1.31. The Hall–Kier alpha value is -6.92. The highest BCUT2D eigenvalue weighted by Crippen LogP contribution is 2.52. The summed E-state index contributed by atoms with van der Waals surface area (Å²) in [7, 11) is 0. The second-order valence-electron chi connectivity index (χ2n) is 23.2. The van der Waals surface area contributed by atoms with Crippen LogP contribution in [0, 0.1) is 0 Å². The second-order valence-corrected chi connectivity index (χ2v) is 23.2. The molecular weight excluding hydrogens is 830 g/mol. The van der Waals surface area contributed by atoms with Crippen molar-refractivity contribution in [2.75, 3.05) is 14.7 Å². The molecule has 4 heterocycles. The van der Waals surface area contributed by atoms with Crippen molar-refractivity contribution >= 4 is 96.6 Å². The molecule has 0 N–H and O–H groups in total. The van der Waals surface area contributed by atoms with Gasteiger partial charge in [-0.25, -0.2) is 0 Å². The van der Waals surface area contributed by atoms with E-state index in [-0.39, 0.29) is 28.4 Å². The van der Waals surface area contributed by atoms with Crippen molar-refractivity contribution < 1.29 is 8.83 Å². The number of hydrogen-bond acceptors (Lipinski definition) is 5. The van der Waals surface area contributed by atoms with Crippen LogP contribution in [-0.2, 0) is 21.7 Å². The number of benzene rings is 7. The summed E-state index contributed by atoms with van der Waals surface area (Å²) in [6.07, 6.45) is 0. The summed E-state index contributed by atoms with van der Waals surface area (Å²) in [6, 6.07) is 58.3. The minimum Gasteiger partial charge on any atom is -0.468 e. The normalized spacial score (nSPS) is 13.8. The van der Waals surface area contributed by atoms with Gasteiger partial charge in [-0.1, -0.05) is 156 Å². The van der Waals surface area contributed by atoms with E-state index in [9.17, 15) is 0 Å². The molecule has 340 valence electrons. The van der Waals surface area contributed by atoms with Crippen molar-refractivity contribution in [1.82, 2.24) is 0 Å². The van der Waals surface area contributed by atoms with Crippen molar-refractivity contribution in [2.45, 2.75) is 105 Å². The molecule has 0 atom stereocenters. The van der Waals surface area contributed by atoms with Crippen LogP contribution in [0.15, 0.2) is 167 Å². The summed E-state index contributed by atoms with van der Waals surface area (Å²) in [5.41, 5.74) is 19.1. The highest BCUT2D eigenvalue weighted by atomic mass is 16.3. The monoisotopic (exact) mass is 891 g/mol. The number of para-hydroxylation sites is 2. The lowest BCUT2D eigenvalue weighted by atomic mass is 9.37. The van der Waals surface area contributed by atoms with Gasteiger partial charge in [0, 0.05) is 44.9 Å². The van der Waals surface area contributed by atoms with Gasteiger partial charge in [0.05, 0.1) is 17.1 Å². The summed E-state index contributed by atoms with van der Waals surface area (Å²) >= 11 is 0. The van der Waals surface area contributed by atoms with Crippen LogP contribution in [0.5, 0.6) is 0 Å². The third kappa shape index (κ3) is 7.14. The van der Waals surface area contributed by atoms with Gasteiger partial charge in [0.25, 0.3) is 0 Å².